The quantitative estimate of drug-likeness (QED) is 0.240. The highest BCUT2D eigenvalue weighted by Gasteiger charge is 2.47. The van der Waals surface area contributed by atoms with Crippen LogP contribution in [0.15, 0.2) is 79.1 Å². The van der Waals surface area contributed by atoms with Crippen LogP contribution in [0.1, 0.15) is 66.7 Å². The molecule has 214 valence electrons. The third kappa shape index (κ3) is 5.51. The molecule has 1 aliphatic rings. The van der Waals surface area contributed by atoms with Gasteiger partial charge in [-0.2, -0.15) is 18.3 Å². The zero-order valence-corrected chi connectivity index (χ0v) is 23.1. The van der Waals surface area contributed by atoms with E-state index in [1.54, 1.807) is 43.6 Å². The molecule has 0 bridgehead atoms. The lowest BCUT2D eigenvalue weighted by Gasteiger charge is -2.35. The first-order chi connectivity index (χ1) is 19.7. The van der Waals surface area contributed by atoms with E-state index < -0.39 is 29.7 Å². The van der Waals surface area contributed by atoms with Gasteiger partial charge in [-0.1, -0.05) is 68.4 Å². The number of carbonyl (C=O) groups is 1. The molecular formula is C31H32F3N5O2. The van der Waals surface area contributed by atoms with Gasteiger partial charge < -0.3 is 15.4 Å². The van der Waals surface area contributed by atoms with E-state index in [1.807, 2.05) is 50.2 Å². The Bertz CT molecular complexity index is 1480. The zero-order chi connectivity index (χ0) is 29.2. The number of ether oxygens (including phenoxy) is 1. The zero-order valence-electron chi connectivity index (χ0n) is 23.1. The second-order valence-electron chi connectivity index (χ2n) is 10.2. The van der Waals surface area contributed by atoms with E-state index >= 15 is 0 Å². The van der Waals surface area contributed by atoms with Crippen molar-refractivity contribution in [2.45, 2.75) is 56.9 Å². The fourth-order valence-corrected chi connectivity index (χ4v) is 5.48. The summed E-state index contributed by atoms with van der Waals surface area (Å²) in [6, 6.07) is 18.0. The molecule has 7 nitrogen and oxygen atoms in total. The van der Waals surface area contributed by atoms with Crippen LogP contribution < -0.4 is 15.4 Å². The van der Waals surface area contributed by atoms with Crippen LogP contribution >= 0.6 is 0 Å². The highest BCUT2D eigenvalue weighted by molar-refractivity contribution is 5.99. The molecule has 1 aliphatic heterocycles. The van der Waals surface area contributed by atoms with E-state index in [9.17, 15) is 18.0 Å². The van der Waals surface area contributed by atoms with Gasteiger partial charge in [0.15, 0.2) is 6.04 Å². The molecule has 2 aromatic carbocycles. The van der Waals surface area contributed by atoms with Gasteiger partial charge in [-0.3, -0.25) is 4.79 Å². The van der Waals surface area contributed by atoms with Gasteiger partial charge >= 0.3 is 6.18 Å². The lowest BCUT2D eigenvalue weighted by atomic mass is 9.83. The molecule has 1 amide bonds. The maximum absolute atomic E-state index is 14.1. The number of nitrogens with zero attached hydrogens (tertiary/aromatic N) is 3. The summed E-state index contributed by atoms with van der Waals surface area (Å²) in [5.41, 5.74) is 2.82. The number of carbonyl (C=O) groups excluding carboxylic acids is 1. The minimum Gasteiger partial charge on any atom is -0.481 e. The number of methoxy groups -OCH3 is 1. The first-order valence-corrected chi connectivity index (χ1v) is 13.6. The Kier molecular flexibility index (Phi) is 7.75. The summed E-state index contributed by atoms with van der Waals surface area (Å²) in [4.78, 5) is 18.0. The fourth-order valence-electron chi connectivity index (χ4n) is 5.48. The molecular weight excluding hydrogens is 531 g/mol. The van der Waals surface area contributed by atoms with Crippen molar-refractivity contribution in [3.8, 4) is 17.0 Å². The van der Waals surface area contributed by atoms with Crippen molar-refractivity contribution in [2.75, 3.05) is 12.4 Å². The molecule has 0 spiro atoms. The van der Waals surface area contributed by atoms with Gasteiger partial charge in [-0.15, -0.1) is 0 Å². The highest BCUT2D eigenvalue weighted by Crippen LogP contribution is 2.44. The minimum absolute atomic E-state index is 0.0633. The van der Waals surface area contributed by atoms with Crippen LogP contribution in [0.4, 0.5) is 19.0 Å². The number of rotatable bonds is 8. The number of halogens is 3. The summed E-state index contributed by atoms with van der Waals surface area (Å²) in [5.74, 6) is 0.103. The summed E-state index contributed by atoms with van der Waals surface area (Å²) >= 11 is 0. The fraction of sp³-hybridized carbons (Fsp3) is 0.323. The Hall–Kier alpha value is -4.34. The molecule has 2 unspecified atom stereocenters. The number of hydrogen-bond acceptors (Lipinski definition) is 5. The monoisotopic (exact) mass is 563 g/mol. The number of anilines is 1. The van der Waals surface area contributed by atoms with E-state index in [1.165, 1.54) is 6.20 Å². The molecule has 0 saturated heterocycles. The predicted octanol–water partition coefficient (Wildman–Crippen LogP) is 7.06. The first-order valence-electron chi connectivity index (χ1n) is 13.6. The van der Waals surface area contributed by atoms with Crippen molar-refractivity contribution in [2.24, 2.45) is 0 Å². The summed E-state index contributed by atoms with van der Waals surface area (Å²) in [5, 5.41) is 10.3. The van der Waals surface area contributed by atoms with Gasteiger partial charge in [-0.25, -0.2) is 9.67 Å². The summed E-state index contributed by atoms with van der Waals surface area (Å²) in [6.07, 6.45) is -0.648. The molecule has 0 radical (unpaired) electrons. The third-order valence-electron chi connectivity index (χ3n) is 7.96. The second-order valence-corrected chi connectivity index (χ2v) is 10.2. The van der Waals surface area contributed by atoms with Crippen molar-refractivity contribution in [3.05, 3.63) is 95.8 Å². The molecule has 5 rings (SSSR count). The smallest absolute Gasteiger partial charge is 0.410 e. The van der Waals surface area contributed by atoms with Gasteiger partial charge in [0.1, 0.15) is 11.4 Å². The highest BCUT2D eigenvalue weighted by atomic mass is 19.4. The standard InChI is InChI=1S/C31H32F3N5O2/c1-4-30(5-2,23-14-11-20(12-15-23)22-13-16-27(41-3)35-18-22)38-29(40)24-19-36-39-26(31(32,33)34)17-25(37-28(24)39)21-9-7-6-8-10-21/h6-16,18-19,25-26,37H,4-5,17H2,1-3H3,(H,38,40). The molecule has 2 aromatic heterocycles. The number of alkyl halides is 3. The topological polar surface area (TPSA) is 81.1 Å². The van der Waals surface area contributed by atoms with Crippen molar-refractivity contribution in [3.63, 3.8) is 0 Å². The Labute approximate surface area is 236 Å². The molecule has 0 aliphatic carbocycles. The lowest BCUT2D eigenvalue weighted by molar-refractivity contribution is -0.173. The Morgan fingerprint density at radius 2 is 1.68 bits per heavy atom. The van der Waals surface area contributed by atoms with E-state index in [2.05, 4.69) is 20.7 Å². The number of benzene rings is 2. The summed E-state index contributed by atoms with van der Waals surface area (Å²) in [7, 11) is 1.56. The maximum atomic E-state index is 14.1. The van der Waals surface area contributed by atoms with Crippen LogP contribution in [0.25, 0.3) is 11.1 Å². The largest absolute Gasteiger partial charge is 0.481 e. The van der Waals surface area contributed by atoms with Gasteiger partial charge in [0.05, 0.1) is 24.9 Å². The van der Waals surface area contributed by atoms with Crippen LogP contribution in [0.5, 0.6) is 5.88 Å². The molecule has 2 N–H and O–H groups in total. The van der Waals surface area contributed by atoms with E-state index in [0.29, 0.717) is 24.3 Å². The molecule has 10 heteroatoms. The van der Waals surface area contributed by atoms with Crippen LogP contribution in [0.2, 0.25) is 0 Å². The second kappa shape index (κ2) is 11.3. The molecule has 4 aromatic rings. The van der Waals surface area contributed by atoms with Crippen molar-refractivity contribution in [1.29, 1.82) is 0 Å². The summed E-state index contributed by atoms with van der Waals surface area (Å²) < 4.78 is 48.4. The third-order valence-corrected chi connectivity index (χ3v) is 7.96. The Morgan fingerprint density at radius 1 is 1.00 bits per heavy atom. The number of fused-ring (bicyclic) bond motifs is 1. The summed E-state index contributed by atoms with van der Waals surface area (Å²) in [6.45, 7) is 3.95. The number of hydrogen-bond donors (Lipinski definition) is 2. The van der Waals surface area contributed by atoms with Gasteiger partial charge in [-0.05, 0) is 35.6 Å². The number of pyridine rings is 1. The van der Waals surface area contributed by atoms with Crippen LogP contribution in [-0.4, -0.2) is 34.0 Å². The van der Waals surface area contributed by atoms with Crippen molar-refractivity contribution < 1.29 is 22.7 Å². The van der Waals surface area contributed by atoms with Gasteiger partial charge in [0, 0.05) is 24.2 Å². The molecule has 3 heterocycles. The number of amides is 1. The van der Waals surface area contributed by atoms with Crippen LogP contribution in [-0.2, 0) is 5.54 Å². The minimum atomic E-state index is -4.53. The van der Waals surface area contributed by atoms with Gasteiger partial charge in [0.25, 0.3) is 5.91 Å². The van der Waals surface area contributed by atoms with Crippen LogP contribution in [0.3, 0.4) is 0 Å². The lowest BCUT2D eigenvalue weighted by Crippen LogP contribution is -2.45. The maximum Gasteiger partial charge on any atom is 0.410 e. The molecule has 0 fully saturated rings. The number of aromatic nitrogens is 3. The normalized spacial score (nSPS) is 16.9. The SMILES string of the molecule is CCC(CC)(NC(=O)c1cnn2c1NC(c1ccccc1)CC2C(F)(F)F)c1ccc(-c2ccc(OC)nc2)cc1. The van der Waals surface area contributed by atoms with Crippen LogP contribution in [0, 0.1) is 0 Å². The van der Waals surface area contributed by atoms with Crippen molar-refractivity contribution >= 4 is 11.7 Å². The van der Waals surface area contributed by atoms with E-state index in [0.717, 1.165) is 21.4 Å². The molecule has 2 atom stereocenters. The van der Waals surface area contributed by atoms with E-state index in [-0.39, 0.29) is 17.8 Å². The van der Waals surface area contributed by atoms with E-state index in [4.69, 9.17) is 4.74 Å². The average molecular weight is 564 g/mol. The number of nitrogens with one attached hydrogen (secondary N) is 2. The van der Waals surface area contributed by atoms with Crippen molar-refractivity contribution in [1.82, 2.24) is 20.1 Å². The Balaban J connectivity index is 1.44. The average Bonchev–Trinajstić information content (AvgIpc) is 3.44. The first kappa shape index (κ1) is 28.2. The van der Waals surface area contributed by atoms with Gasteiger partial charge in [0.2, 0.25) is 5.88 Å². The molecule has 0 saturated carbocycles. The molecule has 41 heavy (non-hydrogen) atoms. The Morgan fingerprint density at radius 3 is 2.27 bits per heavy atom. The predicted molar refractivity (Wildman–Crippen MR) is 151 cm³/mol.